The zero-order valence-electron chi connectivity index (χ0n) is 22.4. The van der Waals surface area contributed by atoms with Crippen molar-refractivity contribution in [2.24, 2.45) is 5.92 Å². The van der Waals surface area contributed by atoms with Gasteiger partial charge in [0.1, 0.15) is 16.7 Å². The molecule has 0 bridgehead atoms. The van der Waals surface area contributed by atoms with Crippen LogP contribution in [0.5, 0.6) is 5.75 Å². The maximum atomic E-state index is 13.9. The van der Waals surface area contributed by atoms with Gasteiger partial charge in [0.15, 0.2) is 0 Å². The number of rotatable bonds is 9. The van der Waals surface area contributed by atoms with Crippen LogP contribution in [0.25, 0.3) is 0 Å². The van der Waals surface area contributed by atoms with Crippen LogP contribution in [0.4, 0.5) is 19.0 Å². The molecular weight excluding hydrogens is 537 g/mol. The number of piperidine rings is 1. The number of pyridine rings is 1. The Balaban J connectivity index is 1.55. The molecule has 0 unspecified atom stereocenters. The average molecular weight is 571 g/mol. The van der Waals surface area contributed by atoms with Gasteiger partial charge in [0.2, 0.25) is 0 Å². The quantitative estimate of drug-likeness (QED) is 0.434. The summed E-state index contributed by atoms with van der Waals surface area (Å²) in [5.41, 5.74) is -3.98. The first kappa shape index (κ1) is 30.5. The summed E-state index contributed by atoms with van der Waals surface area (Å²) >= 11 is 6.24. The van der Waals surface area contributed by atoms with Crippen LogP contribution in [-0.2, 0) is 10.4 Å². The van der Waals surface area contributed by atoms with Crippen LogP contribution >= 0.6 is 11.6 Å². The van der Waals surface area contributed by atoms with Crippen molar-refractivity contribution < 1.29 is 32.6 Å². The van der Waals surface area contributed by atoms with Crippen molar-refractivity contribution >= 4 is 29.2 Å². The van der Waals surface area contributed by atoms with Crippen LogP contribution in [-0.4, -0.2) is 73.3 Å². The Morgan fingerprint density at radius 3 is 2.46 bits per heavy atom. The monoisotopic (exact) mass is 570 g/mol. The first-order valence-corrected chi connectivity index (χ1v) is 13.0. The highest BCUT2D eigenvalue weighted by Crippen LogP contribution is 2.40. The minimum atomic E-state index is -5.23. The van der Waals surface area contributed by atoms with Gasteiger partial charge >= 0.3 is 6.18 Å². The maximum absolute atomic E-state index is 13.9. The summed E-state index contributed by atoms with van der Waals surface area (Å²) in [6, 6.07) is 7.61. The second kappa shape index (κ2) is 12.4. The Kier molecular flexibility index (Phi) is 9.71. The SMILES string of the molecule is COc1cccc([C@@](O)(C(=O)N[C@@H](C)CCC2CCN(c3ccc(C(=O)N(C)C)c(Cl)n3)CC2)C(F)(F)F)c1. The normalized spacial score (nSPS) is 16.8. The molecule has 0 aliphatic carbocycles. The van der Waals surface area contributed by atoms with Crippen molar-refractivity contribution in [1.82, 2.24) is 15.2 Å². The van der Waals surface area contributed by atoms with Gasteiger partial charge in [0.05, 0.1) is 12.7 Å². The van der Waals surface area contributed by atoms with Crippen LogP contribution in [0.3, 0.4) is 0 Å². The molecule has 1 fully saturated rings. The van der Waals surface area contributed by atoms with E-state index in [1.54, 1.807) is 33.2 Å². The van der Waals surface area contributed by atoms with Gasteiger partial charge in [0, 0.05) is 38.8 Å². The summed E-state index contributed by atoms with van der Waals surface area (Å²) < 4.78 is 46.7. The number of benzene rings is 1. The summed E-state index contributed by atoms with van der Waals surface area (Å²) in [5.74, 6) is -0.664. The smallest absolute Gasteiger partial charge is 0.430 e. The fourth-order valence-corrected chi connectivity index (χ4v) is 4.84. The number of hydrogen-bond donors (Lipinski definition) is 2. The minimum Gasteiger partial charge on any atom is -0.497 e. The first-order chi connectivity index (χ1) is 18.3. The molecule has 39 heavy (non-hydrogen) atoms. The summed E-state index contributed by atoms with van der Waals surface area (Å²) in [7, 11) is 4.57. The number of nitrogens with one attached hydrogen (secondary N) is 1. The zero-order chi connectivity index (χ0) is 29.0. The average Bonchev–Trinajstić information content (AvgIpc) is 2.90. The molecule has 8 nitrogen and oxygen atoms in total. The minimum absolute atomic E-state index is 0.0952. The van der Waals surface area contributed by atoms with Crippen molar-refractivity contribution in [3.8, 4) is 5.75 Å². The molecule has 214 valence electrons. The second-order valence-corrected chi connectivity index (χ2v) is 10.4. The fourth-order valence-electron chi connectivity index (χ4n) is 4.61. The number of carbonyl (C=O) groups excluding carboxylic acids is 2. The Hall–Kier alpha value is -3.05. The van der Waals surface area contributed by atoms with Gasteiger partial charge in [-0.3, -0.25) is 9.59 Å². The molecule has 0 saturated carbocycles. The molecule has 1 aliphatic rings. The van der Waals surface area contributed by atoms with Crippen molar-refractivity contribution in [2.75, 3.05) is 39.2 Å². The van der Waals surface area contributed by atoms with E-state index in [1.165, 1.54) is 24.1 Å². The van der Waals surface area contributed by atoms with Crippen molar-refractivity contribution in [3.63, 3.8) is 0 Å². The van der Waals surface area contributed by atoms with E-state index >= 15 is 0 Å². The molecule has 1 aromatic carbocycles. The summed E-state index contributed by atoms with van der Waals surface area (Å²) in [5, 5.41) is 13.1. The molecule has 2 amide bonds. The van der Waals surface area contributed by atoms with Gasteiger partial charge in [-0.15, -0.1) is 0 Å². The van der Waals surface area contributed by atoms with Gasteiger partial charge < -0.3 is 25.0 Å². The molecule has 0 spiro atoms. The van der Waals surface area contributed by atoms with Gasteiger partial charge in [-0.2, -0.15) is 13.2 Å². The topological polar surface area (TPSA) is 95.0 Å². The van der Waals surface area contributed by atoms with Crippen LogP contribution in [0.2, 0.25) is 5.15 Å². The number of methoxy groups -OCH3 is 1. The summed E-state index contributed by atoms with van der Waals surface area (Å²) in [6.07, 6.45) is -2.43. The lowest BCUT2D eigenvalue weighted by atomic mass is 9.89. The Morgan fingerprint density at radius 1 is 1.23 bits per heavy atom. The van der Waals surface area contributed by atoms with E-state index < -0.39 is 29.3 Å². The first-order valence-electron chi connectivity index (χ1n) is 12.7. The van der Waals surface area contributed by atoms with E-state index in [1.807, 2.05) is 0 Å². The molecule has 1 aliphatic heterocycles. The van der Waals surface area contributed by atoms with Gasteiger partial charge in [-0.25, -0.2) is 4.98 Å². The maximum Gasteiger partial charge on any atom is 0.430 e. The number of anilines is 1. The lowest BCUT2D eigenvalue weighted by molar-refractivity contribution is -0.257. The zero-order valence-corrected chi connectivity index (χ0v) is 23.1. The molecule has 1 saturated heterocycles. The summed E-state index contributed by atoms with van der Waals surface area (Å²) in [4.78, 5) is 32.8. The Labute approximate surface area is 231 Å². The molecule has 2 N–H and O–H groups in total. The highest BCUT2D eigenvalue weighted by molar-refractivity contribution is 6.32. The third kappa shape index (κ3) is 6.94. The molecule has 1 aromatic heterocycles. The van der Waals surface area contributed by atoms with Gasteiger partial charge in [0.25, 0.3) is 17.4 Å². The molecule has 12 heteroatoms. The van der Waals surface area contributed by atoms with Crippen LogP contribution < -0.4 is 15.0 Å². The van der Waals surface area contributed by atoms with Crippen molar-refractivity contribution in [2.45, 2.75) is 50.4 Å². The number of alkyl halides is 3. The van der Waals surface area contributed by atoms with Crippen molar-refractivity contribution in [1.29, 1.82) is 0 Å². The fraction of sp³-hybridized carbons (Fsp3) is 0.519. The van der Waals surface area contributed by atoms with E-state index in [9.17, 15) is 27.9 Å². The number of aliphatic hydroxyl groups is 1. The molecule has 2 heterocycles. The largest absolute Gasteiger partial charge is 0.497 e. The van der Waals surface area contributed by atoms with Gasteiger partial charge in [-0.1, -0.05) is 23.7 Å². The molecule has 2 aromatic rings. The lowest BCUT2D eigenvalue weighted by Gasteiger charge is -2.34. The predicted octanol–water partition coefficient (Wildman–Crippen LogP) is 4.40. The van der Waals surface area contributed by atoms with E-state index in [2.05, 4.69) is 15.2 Å². The standard InChI is InChI=1S/C27H34ClF3N4O4/c1-17(32-25(37)26(38,27(29,30)31)19-6-5-7-20(16-19)39-4)8-9-18-12-14-35(15-13-18)22-11-10-21(23(28)33-22)24(36)34(2)3/h5-7,10-11,16-18,38H,8-9,12-15H2,1-4H3,(H,32,37)/t17-,26+/m0/s1. The molecule has 0 radical (unpaired) electrons. The highest BCUT2D eigenvalue weighted by Gasteiger charge is 2.61. The Bertz CT molecular complexity index is 1170. The van der Waals surface area contributed by atoms with E-state index in [0.29, 0.717) is 43.2 Å². The van der Waals surface area contributed by atoms with E-state index in [4.69, 9.17) is 16.3 Å². The highest BCUT2D eigenvalue weighted by atomic mass is 35.5. The predicted molar refractivity (Wildman–Crippen MR) is 142 cm³/mol. The van der Waals surface area contributed by atoms with Crippen molar-refractivity contribution in [3.05, 3.63) is 52.7 Å². The number of aromatic nitrogens is 1. The number of nitrogens with zero attached hydrogens (tertiary/aromatic N) is 3. The third-order valence-corrected chi connectivity index (χ3v) is 7.31. The molecule has 3 rings (SSSR count). The van der Waals surface area contributed by atoms with Crippen LogP contribution in [0.1, 0.15) is 48.5 Å². The number of hydrogen-bond acceptors (Lipinski definition) is 6. The Morgan fingerprint density at radius 2 is 1.90 bits per heavy atom. The van der Waals surface area contributed by atoms with E-state index in [0.717, 1.165) is 25.0 Å². The number of ether oxygens (including phenoxy) is 1. The number of halogens is 4. The lowest BCUT2D eigenvalue weighted by Crippen LogP contribution is -2.56. The summed E-state index contributed by atoms with van der Waals surface area (Å²) in [6.45, 7) is 3.04. The van der Waals surface area contributed by atoms with Crippen LogP contribution in [0.15, 0.2) is 36.4 Å². The number of amides is 2. The second-order valence-electron chi connectivity index (χ2n) is 10.0. The van der Waals surface area contributed by atoms with E-state index in [-0.39, 0.29) is 16.8 Å². The number of carbonyl (C=O) groups is 2. The molecular formula is C27H34ClF3N4O4. The van der Waals surface area contributed by atoms with Gasteiger partial charge in [-0.05, 0) is 62.8 Å². The van der Waals surface area contributed by atoms with Crippen LogP contribution in [0, 0.1) is 5.92 Å². The third-order valence-electron chi connectivity index (χ3n) is 7.02. The molecule has 2 atom stereocenters.